The second kappa shape index (κ2) is 16.6. The first-order valence-corrected chi connectivity index (χ1v) is 16.1. The summed E-state index contributed by atoms with van der Waals surface area (Å²) in [6, 6.07) is 0. The van der Waals surface area contributed by atoms with Gasteiger partial charge in [0.15, 0.2) is 0 Å². The van der Waals surface area contributed by atoms with Crippen LogP contribution < -0.4 is 11.5 Å². The van der Waals surface area contributed by atoms with Gasteiger partial charge in [-0.15, -0.1) is 0 Å². The fourth-order valence-electron chi connectivity index (χ4n) is 5.02. The average molecular weight is 657 g/mol. The van der Waals surface area contributed by atoms with Crippen LogP contribution in [0.1, 0.15) is 122 Å². The first kappa shape index (κ1) is 43.5. The Morgan fingerprint density at radius 1 is 0.696 bits per heavy atom. The first-order valence-electron chi connectivity index (χ1n) is 16.1. The molecule has 11 nitrogen and oxygen atoms in total. The Morgan fingerprint density at radius 3 is 1.57 bits per heavy atom. The van der Waals surface area contributed by atoms with E-state index in [1.165, 1.54) is 6.92 Å². The van der Waals surface area contributed by atoms with Gasteiger partial charge in [-0.2, -0.15) is 0 Å². The summed E-state index contributed by atoms with van der Waals surface area (Å²) in [5, 5.41) is 11.0. The molecular formula is C35H64N2O9. The summed E-state index contributed by atoms with van der Waals surface area (Å²) in [7, 11) is 0. The minimum absolute atomic E-state index is 0.127. The van der Waals surface area contributed by atoms with Crippen LogP contribution in [0.2, 0.25) is 0 Å². The monoisotopic (exact) mass is 656 g/mol. The number of ether oxygens (including phenoxy) is 4. The Morgan fingerprint density at radius 2 is 1.13 bits per heavy atom. The molecule has 5 N–H and O–H groups in total. The predicted molar refractivity (Wildman–Crippen MR) is 178 cm³/mol. The number of aliphatic hydroxyl groups is 1. The number of esters is 4. The highest BCUT2D eigenvalue weighted by Gasteiger charge is 2.53. The van der Waals surface area contributed by atoms with Crippen LogP contribution in [0.3, 0.4) is 0 Å². The molecule has 0 fully saturated rings. The molecule has 0 saturated carbocycles. The largest absolute Gasteiger partial charge is 0.462 e. The lowest BCUT2D eigenvalue weighted by Crippen LogP contribution is -2.54. The fraction of sp³-hybridized carbons (Fsp3) is 0.829. The Bertz CT molecular complexity index is 1050. The molecular weight excluding hydrogens is 592 g/mol. The SMILES string of the molecule is C=CC(=O)OCCOC(=O)CCC(=O)OC(CC(C)(C)C(C)(C)C(CC(C)(C)N)OC(C)=O)C(C)(C)C(C)(C)CC(O)C(C)(C)N. The van der Waals surface area contributed by atoms with Gasteiger partial charge >= 0.3 is 23.9 Å². The van der Waals surface area contributed by atoms with Gasteiger partial charge in [-0.3, -0.25) is 14.4 Å². The van der Waals surface area contributed by atoms with Gasteiger partial charge in [0.2, 0.25) is 0 Å². The van der Waals surface area contributed by atoms with E-state index in [1.807, 2.05) is 69.2 Å². The van der Waals surface area contributed by atoms with E-state index in [-0.39, 0.29) is 26.1 Å². The van der Waals surface area contributed by atoms with Gasteiger partial charge < -0.3 is 35.5 Å². The van der Waals surface area contributed by atoms with Gasteiger partial charge in [0.25, 0.3) is 0 Å². The Balaban J connectivity index is 6.32. The topological polar surface area (TPSA) is 177 Å². The molecule has 0 spiro atoms. The van der Waals surface area contributed by atoms with Crippen LogP contribution in [0.15, 0.2) is 12.7 Å². The van der Waals surface area contributed by atoms with Crippen molar-refractivity contribution in [2.45, 2.75) is 152 Å². The third-order valence-electron chi connectivity index (χ3n) is 9.94. The molecule has 268 valence electrons. The van der Waals surface area contributed by atoms with E-state index in [4.69, 9.17) is 30.4 Å². The van der Waals surface area contributed by atoms with Crippen LogP contribution >= 0.6 is 0 Å². The molecule has 0 bridgehead atoms. The van der Waals surface area contributed by atoms with Crippen LogP contribution in [0.5, 0.6) is 0 Å². The van der Waals surface area contributed by atoms with Crippen molar-refractivity contribution in [3.63, 3.8) is 0 Å². The van der Waals surface area contributed by atoms with E-state index in [1.54, 1.807) is 13.8 Å². The highest BCUT2D eigenvalue weighted by molar-refractivity contribution is 5.81. The molecule has 0 heterocycles. The smallest absolute Gasteiger partial charge is 0.330 e. The highest BCUT2D eigenvalue weighted by Crippen LogP contribution is 2.54. The van der Waals surface area contributed by atoms with E-state index < -0.39 is 74.9 Å². The molecule has 0 aliphatic carbocycles. The molecule has 0 amide bonds. The number of aliphatic hydroxyl groups excluding tert-OH is 1. The zero-order chi connectivity index (χ0) is 36.5. The molecule has 0 aliphatic rings. The summed E-state index contributed by atoms with van der Waals surface area (Å²) >= 11 is 0. The van der Waals surface area contributed by atoms with Gasteiger partial charge in [-0.05, 0) is 51.4 Å². The van der Waals surface area contributed by atoms with Gasteiger partial charge in [0.1, 0.15) is 25.4 Å². The Hall–Kier alpha value is -2.50. The maximum atomic E-state index is 13.3. The summed E-state index contributed by atoms with van der Waals surface area (Å²) in [4.78, 5) is 48.9. The predicted octanol–water partition coefficient (Wildman–Crippen LogP) is 4.99. The van der Waals surface area contributed by atoms with Crippen molar-refractivity contribution in [1.29, 1.82) is 0 Å². The van der Waals surface area contributed by atoms with E-state index in [0.717, 1.165) is 6.08 Å². The molecule has 0 radical (unpaired) electrons. The molecule has 11 heteroatoms. The number of hydrogen-bond donors (Lipinski definition) is 3. The molecule has 0 saturated heterocycles. The number of carbonyl (C=O) groups is 4. The summed E-state index contributed by atoms with van der Waals surface area (Å²) in [6.07, 6.45) is -0.376. The Kier molecular flexibility index (Phi) is 15.7. The maximum Gasteiger partial charge on any atom is 0.330 e. The molecule has 0 aromatic rings. The molecule has 0 aromatic carbocycles. The lowest BCUT2D eigenvalue weighted by Gasteiger charge is -2.53. The van der Waals surface area contributed by atoms with Crippen LogP contribution in [-0.2, 0) is 38.1 Å². The molecule has 0 aromatic heterocycles. The van der Waals surface area contributed by atoms with E-state index in [0.29, 0.717) is 19.3 Å². The lowest BCUT2D eigenvalue weighted by atomic mass is 9.55. The summed E-state index contributed by atoms with van der Waals surface area (Å²) < 4.78 is 21.9. The van der Waals surface area contributed by atoms with Crippen molar-refractivity contribution < 1.29 is 43.2 Å². The molecule has 46 heavy (non-hydrogen) atoms. The van der Waals surface area contributed by atoms with Gasteiger partial charge in [-0.25, -0.2) is 4.79 Å². The van der Waals surface area contributed by atoms with Crippen molar-refractivity contribution in [2.75, 3.05) is 13.2 Å². The molecule has 3 unspecified atom stereocenters. The van der Waals surface area contributed by atoms with Crippen LogP contribution in [0.25, 0.3) is 0 Å². The second-order valence-electron chi connectivity index (χ2n) is 16.3. The number of rotatable bonds is 20. The van der Waals surface area contributed by atoms with Crippen molar-refractivity contribution >= 4 is 23.9 Å². The standard InChI is InChI=1S/C35H64N2O9/c1-15-27(40)43-18-19-44-28(41)16-17-29(42)46-25(33(9,10)30(3,4)20-24(39)35(13,14)37)21-31(5,6)34(11,12)26(45-23(2)38)22-32(7,8)36/h15,24-26,39H,1,16-22,36-37H2,2-14H3. The van der Waals surface area contributed by atoms with Crippen LogP contribution in [-0.4, -0.2) is 71.6 Å². The van der Waals surface area contributed by atoms with Gasteiger partial charge in [0.05, 0.1) is 18.9 Å². The minimum atomic E-state index is -0.850. The zero-order valence-corrected chi connectivity index (χ0v) is 30.8. The quantitative estimate of drug-likeness (QED) is 0.0696. The van der Waals surface area contributed by atoms with Crippen molar-refractivity contribution in [2.24, 2.45) is 33.1 Å². The number of nitrogens with two attached hydrogens (primary N) is 2. The average Bonchev–Trinajstić information content (AvgIpc) is 2.86. The molecule has 0 aliphatic heterocycles. The van der Waals surface area contributed by atoms with Crippen LogP contribution in [0, 0.1) is 21.7 Å². The normalized spacial score (nSPS) is 15.3. The van der Waals surface area contributed by atoms with Crippen molar-refractivity contribution in [3.05, 3.63) is 12.7 Å². The van der Waals surface area contributed by atoms with Crippen LogP contribution in [0.4, 0.5) is 0 Å². The highest BCUT2D eigenvalue weighted by atomic mass is 16.6. The summed E-state index contributed by atoms with van der Waals surface area (Å²) in [5.74, 6) is -2.26. The summed E-state index contributed by atoms with van der Waals surface area (Å²) in [6.45, 7) is 27.8. The summed E-state index contributed by atoms with van der Waals surface area (Å²) in [5.41, 5.74) is 8.67. The second-order valence-corrected chi connectivity index (χ2v) is 16.3. The fourth-order valence-corrected chi connectivity index (χ4v) is 5.02. The molecule has 0 rings (SSSR count). The number of carbonyl (C=O) groups excluding carboxylic acids is 4. The lowest BCUT2D eigenvalue weighted by molar-refractivity contribution is -0.177. The number of hydrogen-bond acceptors (Lipinski definition) is 11. The van der Waals surface area contributed by atoms with E-state index >= 15 is 0 Å². The van der Waals surface area contributed by atoms with Crippen molar-refractivity contribution in [3.8, 4) is 0 Å². The third-order valence-corrected chi connectivity index (χ3v) is 9.94. The van der Waals surface area contributed by atoms with E-state index in [9.17, 15) is 24.3 Å². The van der Waals surface area contributed by atoms with E-state index in [2.05, 4.69) is 6.58 Å². The van der Waals surface area contributed by atoms with Crippen molar-refractivity contribution in [1.82, 2.24) is 0 Å². The molecule has 3 atom stereocenters. The Labute approximate surface area is 277 Å². The third kappa shape index (κ3) is 13.7. The van der Waals surface area contributed by atoms with Gasteiger partial charge in [0, 0.05) is 41.3 Å². The maximum absolute atomic E-state index is 13.3. The zero-order valence-electron chi connectivity index (χ0n) is 30.8. The van der Waals surface area contributed by atoms with Gasteiger partial charge in [-0.1, -0.05) is 62.0 Å². The minimum Gasteiger partial charge on any atom is -0.462 e. The first-order chi connectivity index (χ1) is 20.5.